The Morgan fingerprint density at radius 2 is 1.84 bits per heavy atom. The molecule has 100 valence electrons. The fourth-order valence-corrected chi connectivity index (χ4v) is 2.28. The highest BCUT2D eigenvalue weighted by Crippen LogP contribution is 2.25. The summed E-state index contributed by atoms with van der Waals surface area (Å²) in [6.45, 7) is 5.50. The van der Waals surface area contributed by atoms with Gasteiger partial charge in [0.05, 0.1) is 0 Å². The molecule has 0 aliphatic rings. The van der Waals surface area contributed by atoms with Crippen molar-refractivity contribution >= 4 is 0 Å². The van der Waals surface area contributed by atoms with Crippen molar-refractivity contribution in [2.75, 3.05) is 0 Å². The second-order valence-electron chi connectivity index (χ2n) is 5.40. The SMILES string of the molecule is [2H]C([2H])([2H])c1c[n+](C)c(-c2ccc(C([2H])(C)C)cc2C)cc1C. The van der Waals surface area contributed by atoms with Crippen LogP contribution in [0.15, 0.2) is 30.5 Å². The highest BCUT2D eigenvalue weighted by atomic mass is 14.9. The monoisotopic (exact) mass is 258 g/mol. The predicted molar refractivity (Wildman–Crippen MR) is 81.4 cm³/mol. The summed E-state index contributed by atoms with van der Waals surface area (Å²) in [4.78, 5) is 0. The van der Waals surface area contributed by atoms with Crippen LogP contribution < -0.4 is 4.57 Å². The molecule has 0 amide bonds. The lowest BCUT2D eigenvalue weighted by Crippen LogP contribution is -2.31. The van der Waals surface area contributed by atoms with Crippen molar-refractivity contribution in [1.82, 2.24) is 0 Å². The van der Waals surface area contributed by atoms with E-state index in [1.54, 1.807) is 6.20 Å². The molecule has 0 saturated heterocycles. The van der Waals surface area contributed by atoms with Gasteiger partial charge in [0, 0.05) is 22.7 Å². The highest BCUT2D eigenvalue weighted by molar-refractivity contribution is 5.62. The molecular formula is C18H24N+. The van der Waals surface area contributed by atoms with E-state index in [2.05, 4.69) is 0 Å². The summed E-state index contributed by atoms with van der Waals surface area (Å²) < 4.78 is 32.9. The number of benzene rings is 1. The fraction of sp³-hybridized carbons (Fsp3) is 0.389. The molecule has 2 rings (SSSR count). The Morgan fingerprint density at radius 3 is 2.42 bits per heavy atom. The van der Waals surface area contributed by atoms with Gasteiger partial charge in [-0.3, -0.25) is 0 Å². The molecule has 0 radical (unpaired) electrons. The third kappa shape index (κ3) is 2.70. The van der Waals surface area contributed by atoms with Crippen LogP contribution in [0.25, 0.3) is 11.3 Å². The van der Waals surface area contributed by atoms with Crippen LogP contribution in [0, 0.1) is 20.7 Å². The number of hydrogen-bond acceptors (Lipinski definition) is 0. The van der Waals surface area contributed by atoms with Gasteiger partial charge in [0.2, 0.25) is 5.69 Å². The van der Waals surface area contributed by atoms with E-state index in [0.29, 0.717) is 5.56 Å². The van der Waals surface area contributed by atoms with Crippen LogP contribution in [-0.2, 0) is 7.05 Å². The lowest BCUT2D eigenvalue weighted by molar-refractivity contribution is -0.660. The minimum absolute atomic E-state index is 0.380. The second kappa shape index (κ2) is 5.16. The van der Waals surface area contributed by atoms with Gasteiger partial charge in [-0.05, 0) is 49.4 Å². The Kier molecular flexibility index (Phi) is 2.53. The molecule has 0 fully saturated rings. The van der Waals surface area contributed by atoms with E-state index in [4.69, 9.17) is 5.48 Å². The normalized spacial score (nSPS) is 15.4. The van der Waals surface area contributed by atoms with E-state index >= 15 is 0 Å². The molecule has 1 heteroatoms. The van der Waals surface area contributed by atoms with Crippen LogP contribution in [0.4, 0.5) is 0 Å². The molecule has 2 aromatic rings. The van der Waals surface area contributed by atoms with Crippen molar-refractivity contribution in [1.29, 1.82) is 0 Å². The van der Waals surface area contributed by atoms with Crippen molar-refractivity contribution in [2.45, 2.75) is 40.4 Å². The predicted octanol–water partition coefficient (Wildman–Crippen LogP) is 4.23. The summed E-state index contributed by atoms with van der Waals surface area (Å²) in [6.07, 6.45) is 1.69. The Bertz CT molecular complexity index is 740. The first-order valence-electron chi connectivity index (χ1n) is 8.53. The molecule has 1 aromatic carbocycles. The molecule has 0 aliphatic heterocycles. The first-order valence-corrected chi connectivity index (χ1v) is 6.53. The summed E-state index contributed by atoms with van der Waals surface area (Å²) in [5.41, 5.74) is 5.23. The van der Waals surface area contributed by atoms with Gasteiger partial charge in [0.1, 0.15) is 7.05 Å². The molecule has 1 heterocycles. The molecule has 0 saturated carbocycles. The molecule has 1 nitrogen and oxygen atoms in total. The number of hydrogen-bond donors (Lipinski definition) is 0. The average molecular weight is 258 g/mol. The van der Waals surface area contributed by atoms with E-state index in [1.807, 2.05) is 63.6 Å². The molecule has 0 aliphatic carbocycles. The maximum Gasteiger partial charge on any atom is 0.212 e. The van der Waals surface area contributed by atoms with Crippen molar-refractivity contribution in [2.24, 2.45) is 7.05 Å². The van der Waals surface area contributed by atoms with Crippen LogP contribution in [0.1, 0.15) is 47.5 Å². The first kappa shape index (κ1) is 9.30. The van der Waals surface area contributed by atoms with Crippen LogP contribution in [0.2, 0.25) is 0 Å². The highest BCUT2D eigenvalue weighted by Gasteiger charge is 2.14. The summed E-state index contributed by atoms with van der Waals surface area (Å²) in [7, 11) is 1.87. The van der Waals surface area contributed by atoms with E-state index in [-0.39, 0.29) is 0 Å². The first-order chi connectivity index (χ1) is 10.4. The van der Waals surface area contributed by atoms with Gasteiger partial charge in [-0.25, -0.2) is 4.57 Å². The molecule has 1 aromatic heterocycles. The Balaban J connectivity index is 2.58. The standard InChI is InChI=1S/C18H24N/c1-12(2)16-7-8-17(14(4)9-16)18-10-13(3)15(5)11-19(18)6/h7-12H,1-6H3/q+1/i5D3,12D. The van der Waals surface area contributed by atoms with Crippen LogP contribution in [0.5, 0.6) is 0 Å². The average Bonchev–Trinajstić information content (AvgIpc) is 2.39. The summed E-state index contributed by atoms with van der Waals surface area (Å²) in [6, 6.07) is 7.96. The number of nitrogens with zero attached hydrogens (tertiary/aromatic N) is 1. The smallest absolute Gasteiger partial charge is 0.201 e. The third-order valence-corrected chi connectivity index (χ3v) is 3.56. The molecule has 0 N–H and O–H groups in total. The number of rotatable bonds is 2. The van der Waals surface area contributed by atoms with Gasteiger partial charge in [-0.2, -0.15) is 0 Å². The Labute approximate surface area is 122 Å². The Hall–Kier alpha value is -1.63. The van der Waals surface area contributed by atoms with Crippen molar-refractivity contribution in [3.63, 3.8) is 0 Å². The van der Waals surface area contributed by atoms with Crippen LogP contribution in [0.3, 0.4) is 0 Å². The van der Waals surface area contributed by atoms with Crippen LogP contribution in [-0.4, -0.2) is 0 Å². The summed E-state index contributed by atoms with van der Waals surface area (Å²) in [5, 5.41) is 0. The zero-order valence-electron chi connectivity index (χ0n) is 16.3. The summed E-state index contributed by atoms with van der Waals surface area (Å²) in [5.74, 6) is -0.632. The molecule has 0 spiro atoms. The van der Waals surface area contributed by atoms with Gasteiger partial charge >= 0.3 is 0 Å². The molecular weight excluding hydrogens is 230 g/mol. The van der Waals surface area contributed by atoms with E-state index < -0.39 is 12.7 Å². The molecule has 0 bridgehead atoms. The van der Waals surface area contributed by atoms with Crippen molar-refractivity contribution in [3.05, 3.63) is 52.7 Å². The maximum absolute atomic E-state index is 8.15. The zero-order valence-corrected chi connectivity index (χ0v) is 12.3. The number of aryl methyl sites for hydroxylation is 4. The number of pyridine rings is 1. The molecule has 0 atom stereocenters. The Morgan fingerprint density at radius 1 is 1.11 bits per heavy atom. The quantitative estimate of drug-likeness (QED) is 0.710. The van der Waals surface area contributed by atoms with Gasteiger partial charge in [0.25, 0.3) is 0 Å². The van der Waals surface area contributed by atoms with Crippen LogP contribution >= 0.6 is 0 Å². The second-order valence-corrected chi connectivity index (χ2v) is 5.40. The van der Waals surface area contributed by atoms with Gasteiger partial charge < -0.3 is 0 Å². The van der Waals surface area contributed by atoms with E-state index in [0.717, 1.165) is 27.9 Å². The fourth-order valence-electron chi connectivity index (χ4n) is 2.28. The lowest BCUT2D eigenvalue weighted by Gasteiger charge is -2.11. The summed E-state index contributed by atoms with van der Waals surface area (Å²) >= 11 is 0. The minimum atomic E-state index is -2.10. The lowest BCUT2D eigenvalue weighted by atomic mass is 9.95. The van der Waals surface area contributed by atoms with Gasteiger partial charge in [0.15, 0.2) is 6.20 Å². The van der Waals surface area contributed by atoms with Gasteiger partial charge in [-0.1, -0.05) is 26.0 Å². The third-order valence-electron chi connectivity index (χ3n) is 3.56. The van der Waals surface area contributed by atoms with Crippen molar-refractivity contribution in [3.8, 4) is 11.3 Å². The molecule has 0 unspecified atom stereocenters. The van der Waals surface area contributed by atoms with E-state index in [1.165, 1.54) is 0 Å². The maximum atomic E-state index is 8.15. The number of aromatic nitrogens is 1. The molecule has 19 heavy (non-hydrogen) atoms. The largest absolute Gasteiger partial charge is 0.212 e. The zero-order chi connectivity index (χ0) is 17.6. The van der Waals surface area contributed by atoms with E-state index in [9.17, 15) is 0 Å². The topological polar surface area (TPSA) is 3.88 Å². The minimum Gasteiger partial charge on any atom is -0.201 e. The van der Waals surface area contributed by atoms with Gasteiger partial charge in [-0.15, -0.1) is 0 Å². The van der Waals surface area contributed by atoms with Crippen molar-refractivity contribution < 1.29 is 10.1 Å².